The van der Waals surface area contributed by atoms with Crippen molar-refractivity contribution < 1.29 is 17.2 Å². The van der Waals surface area contributed by atoms with Crippen molar-refractivity contribution in [3.63, 3.8) is 0 Å². The molecule has 0 radical (unpaired) electrons. The van der Waals surface area contributed by atoms with Crippen molar-refractivity contribution >= 4 is 15.8 Å². The van der Waals surface area contributed by atoms with Crippen LogP contribution in [-0.2, 0) is 22.7 Å². The van der Waals surface area contributed by atoms with E-state index >= 15 is 0 Å². The topological polar surface area (TPSA) is 70.6 Å². The van der Waals surface area contributed by atoms with Gasteiger partial charge in [-0.15, -0.1) is 0 Å². The van der Waals surface area contributed by atoms with Crippen LogP contribution in [0.25, 0.3) is 0 Å². The molecule has 2 aromatic rings. The summed E-state index contributed by atoms with van der Waals surface area (Å²) in [6, 6.07) is 10.6. The lowest BCUT2D eigenvalue weighted by Gasteiger charge is -2.12. The van der Waals surface area contributed by atoms with Gasteiger partial charge >= 0.3 is 0 Å². The standard InChI is InChI=1S/C20H25F2N3O2S/c1-3-23-20(25-14-12-17-18(21)5-4-6-19(17)22)24-13-11-15-7-9-16(10-8-15)28(2,26)27/h4-10H,3,11-14H2,1-2H3,(H2,23,24,25). The molecule has 0 saturated carbocycles. The van der Waals surface area contributed by atoms with Crippen molar-refractivity contribution in [1.29, 1.82) is 0 Å². The van der Waals surface area contributed by atoms with Crippen molar-refractivity contribution in [1.82, 2.24) is 10.6 Å². The van der Waals surface area contributed by atoms with Crippen molar-refractivity contribution in [2.24, 2.45) is 4.99 Å². The molecule has 2 rings (SSSR count). The van der Waals surface area contributed by atoms with E-state index in [4.69, 9.17) is 0 Å². The van der Waals surface area contributed by atoms with Gasteiger partial charge in [-0.25, -0.2) is 17.2 Å². The predicted octanol–water partition coefficient (Wildman–Crippen LogP) is 2.71. The van der Waals surface area contributed by atoms with Gasteiger partial charge in [-0.1, -0.05) is 18.2 Å². The Labute approximate surface area is 164 Å². The van der Waals surface area contributed by atoms with E-state index in [1.54, 1.807) is 24.3 Å². The fourth-order valence-electron chi connectivity index (χ4n) is 2.62. The van der Waals surface area contributed by atoms with Gasteiger partial charge in [0, 0.05) is 31.5 Å². The second kappa shape index (κ2) is 10.2. The number of halogens is 2. The van der Waals surface area contributed by atoms with Gasteiger partial charge in [0.25, 0.3) is 0 Å². The third-order valence-corrected chi connectivity index (χ3v) is 5.22. The predicted molar refractivity (Wildman–Crippen MR) is 107 cm³/mol. The Morgan fingerprint density at radius 1 is 1.00 bits per heavy atom. The molecule has 0 atom stereocenters. The number of nitrogens with one attached hydrogen (secondary N) is 2. The SMILES string of the molecule is CCNC(=NCCc1c(F)cccc1F)NCCc1ccc(S(C)(=O)=O)cc1. The average Bonchev–Trinajstić information content (AvgIpc) is 2.64. The number of sulfone groups is 1. The van der Waals surface area contributed by atoms with Gasteiger partial charge in [0.15, 0.2) is 15.8 Å². The molecule has 0 aliphatic heterocycles. The van der Waals surface area contributed by atoms with Gasteiger partial charge in [0.2, 0.25) is 0 Å². The van der Waals surface area contributed by atoms with Gasteiger partial charge < -0.3 is 10.6 Å². The summed E-state index contributed by atoms with van der Waals surface area (Å²) in [6.07, 6.45) is 2.02. The minimum absolute atomic E-state index is 0.0352. The maximum atomic E-state index is 13.7. The van der Waals surface area contributed by atoms with Crippen LogP contribution in [0.1, 0.15) is 18.1 Å². The first-order chi connectivity index (χ1) is 13.3. The maximum Gasteiger partial charge on any atom is 0.191 e. The van der Waals surface area contributed by atoms with Crippen LogP contribution in [0.4, 0.5) is 8.78 Å². The third-order valence-electron chi connectivity index (χ3n) is 4.10. The number of hydrogen-bond acceptors (Lipinski definition) is 3. The minimum atomic E-state index is -3.20. The van der Waals surface area contributed by atoms with Crippen LogP contribution in [0.15, 0.2) is 52.4 Å². The Bertz CT molecular complexity index is 893. The highest BCUT2D eigenvalue weighted by molar-refractivity contribution is 7.90. The Kier molecular flexibility index (Phi) is 7.92. The van der Waals surface area contributed by atoms with Crippen LogP contribution >= 0.6 is 0 Å². The summed E-state index contributed by atoms with van der Waals surface area (Å²) in [7, 11) is -3.20. The number of nitrogens with zero attached hydrogens (tertiary/aromatic N) is 1. The van der Waals surface area contributed by atoms with Gasteiger partial charge in [0.1, 0.15) is 11.6 Å². The lowest BCUT2D eigenvalue weighted by atomic mass is 10.1. The number of benzene rings is 2. The fourth-order valence-corrected chi connectivity index (χ4v) is 3.25. The third kappa shape index (κ3) is 6.60. The lowest BCUT2D eigenvalue weighted by Crippen LogP contribution is -2.38. The molecule has 28 heavy (non-hydrogen) atoms. The summed E-state index contributed by atoms with van der Waals surface area (Å²) in [5.74, 6) is -0.566. The maximum absolute atomic E-state index is 13.7. The summed E-state index contributed by atoms with van der Waals surface area (Å²) in [6.45, 7) is 3.41. The molecule has 0 aliphatic rings. The van der Waals surface area contributed by atoms with Crippen LogP contribution in [0.3, 0.4) is 0 Å². The molecule has 0 aliphatic carbocycles. The summed E-state index contributed by atoms with van der Waals surface area (Å²) < 4.78 is 50.3. The number of aliphatic imine (C=N–C) groups is 1. The number of hydrogen-bond donors (Lipinski definition) is 2. The van der Waals surface area contributed by atoms with E-state index in [0.29, 0.717) is 30.4 Å². The lowest BCUT2D eigenvalue weighted by molar-refractivity contribution is 0.555. The molecule has 5 nitrogen and oxygen atoms in total. The molecule has 0 spiro atoms. The fraction of sp³-hybridized carbons (Fsp3) is 0.350. The van der Waals surface area contributed by atoms with E-state index in [1.807, 2.05) is 6.92 Å². The Balaban J connectivity index is 1.89. The minimum Gasteiger partial charge on any atom is -0.357 e. The molecule has 0 saturated heterocycles. The summed E-state index contributed by atoms with van der Waals surface area (Å²) in [5, 5.41) is 6.25. The van der Waals surface area contributed by atoms with Crippen molar-refractivity contribution in [2.45, 2.75) is 24.7 Å². The van der Waals surface area contributed by atoms with E-state index in [-0.39, 0.29) is 18.5 Å². The zero-order chi connectivity index (χ0) is 20.6. The first kappa shape index (κ1) is 21.8. The van der Waals surface area contributed by atoms with Gasteiger partial charge in [-0.05, 0) is 49.6 Å². The highest BCUT2D eigenvalue weighted by Gasteiger charge is 2.08. The number of rotatable bonds is 8. The molecule has 8 heteroatoms. The van der Waals surface area contributed by atoms with E-state index in [9.17, 15) is 17.2 Å². The van der Waals surface area contributed by atoms with E-state index < -0.39 is 21.5 Å². The number of guanidine groups is 1. The van der Waals surface area contributed by atoms with Gasteiger partial charge in [-0.2, -0.15) is 0 Å². The molecule has 0 unspecified atom stereocenters. The molecule has 0 heterocycles. The second-order valence-corrected chi connectivity index (χ2v) is 8.32. The second-order valence-electron chi connectivity index (χ2n) is 6.30. The van der Waals surface area contributed by atoms with Crippen molar-refractivity contribution in [3.05, 3.63) is 65.2 Å². The summed E-state index contributed by atoms with van der Waals surface area (Å²) in [4.78, 5) is 4.64. The quantitative estimate of drug-likeness (QED) is 0.520. The van der Waals surface area contributed by atoms with Crippen LogP contribution in [0.2, 0.25) is 0 Å². The Hall–Kier alpha value is -2.48. The normalized spacial score (nSPS) is 12.1. The first-order valence-corrected chi connectivity index (χ1v) is 10.9. The molecule has 0 amide bonds. The highest BCUT2D eigenvalue weighted by Crippen LogP contribution is 2.13. The highest BCUT2D eigenvalue weighted by atomic mass is 32.2. The molecule has 0 fully saturated rings. The molecule has 0 aromatic heterocycles. The van der Waals surface area contributed by atoms with Crippen LogP contribution in [0.5, 0.6) is 0 Å². The molecule has 0 bridgehead atoms. The van der Waals surface area contributed by atoms with Crippen LogP contribution in [0, 0.1) is 11.6 Å². The molecule has 2 N–H and O–H groups in total. The first-order valence-electron chi connectivity index (χ1n) is 9.05. The molecule has 152 valence electrons. The van der Waals surface area contributed by atoms with Crippen LogP contribution < -0.4 is 10.6 Å². The monoisotopic (exact) mass is 409 g/mol. The van der Waals surface area contributed by atoms with Crippen molar-refractivity contribution in [3.8, 4) is 0 Å². The van der Waals surface area contributed by atoms with Gasteiger partial charge in [0.05, 0.1) is 4.90 Å². The van der Waals surface area contributed by atoms with E-state index in [0.717, 1.165) is 5.56 Å². The van der Waals surface area contributed by atoms with Crippen molar-refractivity contribution in [2.75, 3.05) is 25.9 Å². The molecular formula is C20H25F2N3O2S. The van der Waals surface area contributed by atoms with Crippen LogP contribution in [-0.4, -0.2) is 40.3 Å². The summed E-state index contributed by atoms with van der Waals surface area (Å²) >= 11 is 0. The zero-order valence-corrected chi connectivity index (χ0v) is 16.8. The molecule has 2 aromatic carbocycles. The van der Waals surface area contributed by atoms with E-state index in [2.05, 4.69) is 15.6 Å². The van der Waals surface area contributed by atoms with E-state index in [1.165, 1.54) is 24.5 Å². The largest absolute Gasteiger partial charge is 0.357 e. The summed E-state index contributed by atoms with van der Waals surface area (Å²) in [5.41, 5.74) is 1.03. The Morgan fingerprint density at radius 2 is 1.64 bits per heavy atom. The Morgan fingerprint density at radius 3 is 2.21 bits per heavy atom. The smallest absolute Gasteiger partial charge is 0.191 e. The average molecular weight is 410 g/mol. The zero-order valence-electron chi connectivity index (χ0n) is 16.0. The molecular weight excluding hydrogens is 384 g/mol. The van der Waals surface area contributed by atoms with Gasteiger partial charge in [-0.3, -0.25) is 4.99 Å².